The van der Waals surface area contributed by atoms with Crippen molar-refractivity contribution >= 4 is 11.8 Å². The van der Waals surface area contributed by atoms with E-state index in [9.17, 15) is 9.59 Å². The van der Waals surface area contributed by atoms with Crippen molar-refractivity contribution in [3.05, 3.63) is 12.2 Å². The topological polar surface area (TPSA) is 82.2 Å². The fourth-order valence-corrected chi connectivity index (χ4v) is 2.01. The van der Waals surface area contributed by atoms with Gasteiger partial charge in [0.05, 0.1) is 0 Å². The normalized spacial score (nSPS) is 19.6. The van der Waals surface area contributed by atoms with Crippen LogP contribution in [0.4, 0.5) is 0 Å². The zero-order valence-electron chi connectivity index (χ0n) is 10.1. The van der Waals surface area contributed by atoms with Gasteiger partial charge in [-0.05, 0) is 13.8 Å². The molecule has 92 valence electrons. The van der Waals surface area contributed by atoms with Gasteiger partial charge in [0, 0.05) is 20.1 Å². The van der Waals surface area contributed by atoms with Crippen molar-refractivity contribution in [2.45, 2.75) is 19.4 Å². The third-order valence-electron chi connectivity index (χ3n) is 3.07. The number of aromatic nitrogens is 3. The molecule has 7 heteroatoms. The maximum Gasteiger partial charge on any atom is 0.292 e. The second-order valence-electron chi connectivity index (χ2n) is 4.58. The van der Waals surface area contributed by atoms with Gasteiger partial charge in [-0.3, -0.25) is 14.7 Å². The molecule has 0 atom stereocenters. The summed E-state index contributed by atoms with van der Waals surface area (Å²) in [5.41, 5.74) is -0.850. The van der Waals surface area contributed by atoms with Crippen LogP contribution in [0.1, 0.15) is 24.5 Å². The fourth-order valence-electron chi connectivity index (χ4n) is 2.01. The molecular formula is C10H15N5O2. The van der Waals surface area contributed by atoms with E-state index in [1.165, 1.54) is 11.2 Å². The lowest BCUT2D eigenvalue weighted by Gasteiger charge is -2.44. The highest BCUT2D eigenvalue weighted by atomic mass is 16.2. The molecule has 1 saturated heterocycles. The lowest BCUT2D eigenvalue weighted by atomic mass is 9.97. The van der Waals surface area contributed by atoms with Gasteiger partial charge in [0.1, 0.15) is 11.9 Å². The molecule has 1 aromatic heterocycles. The van der Waals surface area contributed by atoms with Crippen molar-refractivity contribution in [1.29, 1.82) is 0 Å². The molecule has 0 spiro atoms. The first-order valence-electron chi connectivity index (χ1n) is 5.37. The number of rotatable bonds is 1. The lowest BCUT2D eigenvalue weighted by molar-refractivity contribution is -0.144. The average Bonchev–Trinajstić information content (AvgIpc) is 2.79. The molecular weight excluding hydrogens is 222 g/mol. The second kappa shape index (κ2) is 3.83. The highest BCUT2D eigenvalue weighted by Crippen LogP contribution is 2.22. The molecule has 2 rings (SSSR count). The molecule has 0 bridgehead atoms. The minimum absolute atomic E-state index is 0.0726. The summed E-state index contributed by atoms with van der Waals surface area (Å²) in [4.78, 5) is 31.1. The van der Waals surface area contributed by atoms with Crippen molar-refractivity contribution in [3.8, 4) is 0 Å². The smallest absolute Gasteiger partial charge is 0.292 e. The number of hydrogen-bond acceptors (Lipinski definition) is 4. The predicted octanol–water partition coefficient (Wildman–Crippen LogP) is -0.503. The third kappa shape index (κ3) is 1.77. The summed E-state index contributed by atoms with van der Waals surface area (Å²) in [6.07, 6.45) is 1.28. The van der Waals surface area contributed by atoms with E-state index in [-0.39, 0.29) is 17.6 Å². The largest absolute Gasteiger partial charge is 0.342 e. The molecule has 7 nitrogen and oxygen atoms in total. The number of carbonyl (C=O) groups excluding carboxylic acids is 2. The molecule has 2 amide bonds. The van der Waals surface area contributed by atoms with E-state index in [1.807, 2.05) is 0 Å². The van der Waals surface area contributed by atoms with Crippen molar-refractivity contribution in [3.63, 3.8) is 0 Å². The summed E-state index contributed by atoms with van der Waals surface area (Å²) in [6, 6.07) is 0. The Hall–Kier alpha value is -1.92. The Labute approximate surface area is 98.8 Å². The van der Waals surface area contributed by atoms with Crippen LogP contribution in [0.5, 0.6) is 0 Å². The molecule has 1 aliphatic heterocycles. The number of piperazine rings is 1. The number of likely N-dealkylation sites (N-methyl/N-ethyl adjacent to an activating group) is 1. The second-order valence-corrected chi connectivity index (χ2v) is 4.58. The van der Waals surface area contributed by atoms with Gasteiger partial charge < -0.3 is 9.80 Å². The van der Waals surface area contributed by atoms with E-state index < -0.39 is 5.54 Å². The molecule has 0 unspecified atom stereocenters. The Bertz CT molecular complexity index is 440. The van der Waals surface area contributed by atoms with Crippen LogP contribution < -0.4 is 0 Å². The minimum Gasteiger partial charge on any atom is -0.342 e. The van der Waals surface area contributed by atoms with E-state index in [4.69, 9.17) is 0 Å². The molecule has 0 aliphatic carbocycles. The Balaban J connectivity index is 2.27. The number of H-pyrrole nitrogens is 1. The van der Waals surface area contributed by atoms with Gasteiger partial charge in [0.15, 0.2) is 0 Å². The van der Waals surface area contributed by atoms with Crippen LogP contribution in [0.3, 0.4) is 0 Å². The quantitative estimate of drug-likeness (QED) is 0.713. The predicted molar refractivity (Wildman–Crippen MR) is 59.1 cm³/mol. The summed E-state index contributed by atoms with van der Waals surface area (Å²) in [5.74, 6) is -0.207. The highest BCUT2D eigenvalue weighted by molar-refractivity contribution is 5.97. The van der Waals surface area contributed by atoms with E-state index in [0.29, 0.717) is 13.1 Å². The number of nitrogens with zero attached hydrogens (tertiary/aromatic N) is 4. The van der Waals surface area contributed by atoms with Crippen LogP contribution >= 0.6 is 0 Å². The zero-order chi connectivity index (χ0) is 12.6. The minimum atomic E-state index is -0.850. The first-order valence-corrected chi connectivity index (χ1v) is 5.37. The third-order valence-corrected chi connectivity index (χ3v) is 3.07. The lowest BCUT2D eigenvalue weighted by Crippen LogP contribution is -2.63. The van der Waals surface area contributed by atoms with E-state index >= 15 is 0 Å². The van der Waals surface area contributed by atoms with Crippen LogP contribution in [0.25, 0.3) is 0 Å². The molecule has 2 heterocycles. The van der Waals surface area contributed by atoms with Gasteiger partial charge in [-0.1, -0.05) is 0 Å². The molecule has 0 aromatic carbocycles. The molecule has 1 aliphatic rings. The monoisotopic (exact) mass is 237 g/mol. The molecule has 1 N–H and O–H groups in total. The molecule has 1 aromatic rings. The maximum atomic E-state index is 12.2. The van der Waals surface area contributed by atoms with Gasteiger partial charge in [0.2, 0.25) is 11.7 Å². The van der Waals surface area contributed by atoms with Gasteiger partial charge in [0.25, 0.3) is 5.91 Å². The standard InChI is InChI=1S/C10H15N5O2/c1-10(2)9(17)14(3)4-5-15(10)8(16)7-11-6-12-13-7/h6H,4-5H2,1-3H3,(H,11,12,13). The Kier molecular flexibility index (Phi) is 2.60. The fraction of sp³-hybridized carbons (Fsp3) is 0.600. The van der Waals surface area contributed by atoms with Crippen molar-refractivity contribution < 1.29 is 9.59 Å². The summed E-state index contributed by atoms with van der Waals surface area (Å²) >= 11 is 0. The summed E-state index contributed by atoms with van der Waals surface area (Å²) in [7, 11) is 1.74. The van der Waals surface area contributed by atoms with E-state index in [1.54, 1.807) is 25.8 Å². The summed E-state index contributed by atoms with van der Waals surface area (Å²) in [6.45, 7) is 4.50. The molecule has 0 radical (unpaired) electrons. The van der Waals surface area contributed by atoms with Gasteiger partial charge >= 0.3 is 0 Å². The molecule has 0 saturated carbocycles. The first kappa shape index (κ1) is 11.6. The van der Waals surface area contributed by atoms with E-state index in [2.05, 4.69) is 15.2 Å². The molecule has 1 fully saturated rings. The van der Waals surface area contributed by atoms with Gasteiger partial charge in [-0.2, -0.15) is 5.10 Å². The first-order chi connectivity index (χ1) is 7.94. The van der Waals surface area contributed by atoms with Crippen LogP contribution in [0.2, 0.25) is 0 Å². The van der Waals surface area contributed by atoms with Crippen LogP contribution in [0.15, 0.2) is 6.33 Å². The van der Waals surface area contributed by atoms with Crippen molar-refractivity contribution in [2.75, 3.05) is 20.1 Å². The summed E-state index contributed by atoms with van der Waals surface area (Å²) in [5, 5.41) is 6.16. The maximum absolute atomic E-state index is 12.2. The zero-order valence-corrected chi connectivity index (χ0v) is 10.1. The van der Waals surface area contributed by atoms with Gasteiger partial charge in [-0.25, -0.2) is 4.98 Å². The average molecular weight is 237 g/mol. The Morgan fingerprint density at radius 1 is 1.47 bits per heavy atom. The number of nitrogens with one attached hydrogen (secondary N) is 1. The molecule has 17 heavy (non-hydrogen) atoms. The van der Waals surface area contributed by atoms with Crippen LogP contribution in [0, 0.1) is 0 Å². The number of amides is 2. The summed E-state index contributed by atoms with van der Waals surface area (Å²) < 4.78 is 0. The Morgan fingerprint density at radius 3 is 2.76 bits per heavy atom. The SMILES string of the molecule is CN1CCN(C(=O)c2ncn[nH]2)C(C)(C)C1=O. The highest BCUT2D eigenvalue weighted by Gasteiger charge is 2.43. The Morgan fingerprint density at radius 2 is 2.18 bits per heavy atom. The number of aromatic amines is 1. The number of hydrogen-bond donors (Lipinski definition) is 1. The van der Waals surface area contributed by atoms with Crippen molar-refractivity contribution in [1.82, 2.24) is 25.0 Å². The van der Waals surface area contributed by atoms with Crippen LogP contribution in [-0.2, 0) is 4.79 Å². The number of carbonyl (C=O) groups is 2. The van der Waals surface area contributed by atoms with E-state index in [0.717, 1.165) is 0 Å². The van der Waals surface area contributed by atoms with Crippen LogP contribution in [-0.4, -0.2) is 62.5 Å². The van der Waals surface area contributed by atoms with Gasteiger partial charge in [-0.15, -0.1) is 0 Å². The van der Waals surface area contributed by atoms with Crippen molar-refractivity contribution in [2.24, 2.45) is 0 Å².